The molecule has 0 heterocycles. The first-order chi connectivity index (χ1) is 37.5. The summed E-state index contributed by atoms with van der Waals surface area (Å²) >= 11 is 0. The molecule has 0 saturated carbocycles. The van der Waals surface area contributed by atoms with Gasteiger partial charge in [-0.25, -0.2) is 0 Å². The molecule has 0 bridgehead atoms. The number of ether oxygens (including phenoxy) is 3. The van der Waals surface area contributed by atoms with Crippen molar-refractivity contribution in [3.8, 4) is 0 Å². The number of carbonyl (C=O) groups excluding carboxylic acids is 3. The summed E-state index contributed by atoms with van der Waals surface area (Å²) in [6.45, 7) is 6.63. The maximum Gasteiger partial charge on any atom is 0.306 e. The van der Waals surface area contributed by atoms with E-state index in [4.69, 9.17) is 14.2 Å². The molecule has 6 nitrogen and oxygen atoms in total. The standard InChI is InChI=1S/C70H130O6/c1-4-7-10-13-16-18-20-22-24-26-28-30-32-34-35-37-38-40-42-44-46-48-50-52-54-57-60-63-69(72)75-66-67(65-74-68(71)62-59-56-15-12-9-6-3)76-70(73)64-61-58-55-53-51-49-47-45-43-41-39-36-33-31-29-27-25-23-21-19-17-14-11-8-5-2/h20,22,26-29,67H,4-19,21,23-25,30-66H2,1-3H3/b22-20-,28-26-,29-27-. The highest BCUT2D eigenvalue weighted by Crippen LogP contribution is 2.18. The van der Waals surface area contributed by atoms with E-state index >= 15 is 0 Å². The molecule has 0 N–H and O–H groups in total. The molecule has 0 radical (unpaired) electrons. The van der Waals surface area contributed by atoms with Crippen LogP contribution in [0.2, 0.25) is 0 Å². The third-order valence-electron chi connectivity index (χ3n) is 15.4. The van der Waals surface area contributed by atoms with E-state index in [9.17, 15) is 14.4 Å². The molecule has 0 aliphatic heterocycles. The molecule has 0 aromatic heterocycles. The second kappa shape index (κ2) is 65.2. The smallest absolute Gasteiger partial charge is 0.306 e. The summed E-state index contributed by atoms with van der Waals surface area (Å²) in [6.07, 6.45) is 80.6. The van der Waals surface area contributed by atoms with Crippen LogP contribution >= 0.6 is 0 Å². The Morgan fingerprint density at radius 2 is 0.474 bits per heavy atom. The molecule has 0 spiro atoms. The summed E-state index contributed by atoms with van der Waals surface area (Å²) in [4.78, 5) is 38.1. The van der Waals surface area contributed by atoms with Crippen LogP contribution in [0.4, 0.5) is 0 Å². The molecular weight excluding hydrogens is 937 g/mol. The summed E-state index contributed by atoms with van der Waals surface area (Å²) in [5.41, 5.74) is 0. The van der Waals surface area contributed by atoms with Gasteiger partial charge in [0.05, 0.1) is 0 Å². The molecule has 0 aromatic rings. The largest absolute Gasteiger partial charge is 0.462 e. The van der Waals surface area contributed by atoms with Crippen LogP contribution in [-0.2, 0) is 28.6 Å². The highest BCUT2D eigenvalue weighted by atomic mass is 16.6. The van der Waals surface area contributed by atoms with E-state index in [-0.39, 0.29) is 31.1 Å². The van der Waals surface area contributed by atoms with Crippen molar-refractivity contribution >= 4 is 17.9 Å². The van der Waals surface area contributed by atoms with Gasteiger partial charge in [0, 0.05) is 19.3 Å². The van der Waals surface area contributed by atoms with Gasteiger partial charge in [-0.1, -0.05) is 314 Å². The summed E-state index contributed by atoms with van der Waals surface area (Å²) in [7, 11) is 0. The van der Waals surface area contributed by atoms with Crippen molar-refractivity contribution in [2.75, 3.05) is 13.2 Å². The maximum atomic E-state index is 12.9. The van der Waals surface area contributed by atoms with Crippen molar-refractivity contribution in [1.29, 1.82) is 0 Å². The number of unbranched alkanes of at least 4 members (excludes halogenated alkanes) is 46. The second-order valence-corrected chi connectivity index (χ2v) is 23.1. The van der Waals surface area contributed by atoms with E-state index in [1.165, 1.54) is 270 Å². The molecule has 6 heteroatoms. The average molecular weight is 1070 g/mol. The summed E-state index contributed by atoms with van der Waals surface area (Å²) in [6, 6.07) is 0. The van der Waals surface area contributed by atoms with Crippen LogP contribution in [0.15, 0.2) is 36.5 Å². The third-order valence-corrected chi connectivity index (χ3v) is 15.4. The van der Waals surface area contributed by atoms with E-state index in [1.807, 2.05) is 0 Å². The SMILES string of the molecule is CCCCCCC/C=C\C/C=C\CCCCCCCCCCCCCCCCCC(=O)OCC(COC(=O)CCCCCCCC)OC(=O)CCCCCCCCCCCCCCC/C=C\CCCCCCCCCC. The predicted octanol–water partition coefficient (Wildman–Crippen LogP) is 23.2. The number of esters is 3. The minimum absolute atomic E-state index is 0.0679. The molecule has 0 aromatic carbocycles. The molecule has 0 saturated heterocycles. The zero-order valence-corrected chi connectivity index (χ0v) is 51.3. The first kappa shape index (κ1) is 73.6. The monoisotopic (exact) mass is 1070 g/mol. The summed E-state index contributed by atoms with van der Waals surface area (Å²) < 4.78 is 16.8. The first-order valence-corrected chi connectivity index (χ1v) is 34.0. The third kappa shape index (κ3) is 62.5. The Hall–Kier alpha value is -2.37. The van der Waals surface area contributed by atoms with Crippen LogP contribution in [0.1, 0.15) is 374 Å². The lowest BCUT2D eigenvalue weighted by atomic mass is 10.0. The minimum atomic E-state index is -0.767. The van der Waals surface area contributed by atoms with Gasteiger partial charge in [0.2, 0.25) is 0 Å². The van der Waals surface area contributed by atoms with Crippen LogP contribution in [0.3, 0.4) is 0 Å². The number of hydrogen-bond acceptors (Lipinski definition) is 6. The number of allylic oxidation sites excluding steroid dienone is 6. The van der Waals surface area contributed by atoms with Crippen molar-refractivity contribution < 1.29 is 28.6 Å². The van der Waals surface area contributed by atoms with Crippen LogP contribution in [0.5, 0.6) is 0 Å². The zero-order chi connectivity index (χ0) is 55.0. The summed E-state index contributed by atoms with van der Waals surface area (Å²) in [5, 5.41) is 0. The minimum Gasteiger partial charge on any atom is -0.462 e. The Morgan fingerprint density at radius 1 is 0.263 bits per heavy atom. The molecule has 0 aliphatic carbocycles. The fourth-order valence-electron chi connectivity index (χ4n) is 10.2. The molecule has 1 unspecified atom stereocenters. The van der Waals surface area contributed by atoms with Gasteiger partial charge in [-0.15, -0.1) is 0 Å². The van der Waals surface area contributed by atoms with Crippen LogP contribution < -0.4 is 0 Å². The quantitative estimate of drug-likeness (QED) is 0.0261. The number of carbonyl (C=O) groups is 3. The van der Waals surface area contributed by atoms with Crippen LogP contribution in [0, 0.1) is 0 Å². The fraction of sp³-hybridized carbons (Fsp3) is 0.871. The van der Waals surface area contributed by atoms with Gasteiger partial charge in [-0.05, 0) is 77.0 Å². The predicted molar refractivity (Wildman–Crippen MR) is 330 cm³/mol. The van der Waals surface area contributed by atoms with Crippen molar-refractivity contribution in [2.24, 2.45) is 0 Å². The highest BCUT2D eigenvalue weighted by molar-refractivity contribution is 5.71. The Labute approximate surface area is 474 Å². The van der Waals surface area contributed by atoms with Gasteiger partial charge in [-0.2, -0.15) is 0 Å². The van der Waals surface area contributed by atoms with E-state index in [0.717, 1.165) is 64.2 Å². The molecule has 0 fully saturated rings. The summed E-state index contributed by atoms with van der Waals surface area (Å²) in [5.74, 6) is -0.855. The Balaban J connectivity index is 4.01. The van der Waals surface area contributed by atoms with E-state index in [1.54, 1.807) is 0 Å². The van der Waals surface area contributed by atoms with Gasteiger partial charge < -0.3 is 14.2 Å². The van der Waals surface area contributed by atoms with Gasteiger partial charge in [0.1, 0.15) is 13.2 Å². The zero-order valence-electron chi connectivity index (χ0n) is 51.3. The van der Waals surface area contributed by atoms with E-state index in [2.05, 4.69) is 57.2 Å². The van der Waals surface area contributed by atoms with Gasteiger partial charge in [0.15, 0.2) is 6.10 Å². The lowest BCUT2D eigenvalue weighted by Gasteiger charge is -2.18. The second-order valence-electron chi connectivity index (χ2n) is 23.1. The molecule has 76 heavy (non-hydrogen) atoms. The Kier molecular flexibility index (Phi) is 63.1. The van der Waals surface area contributed by atoms with Crippen molar-refractivity contribution in [3.63, 3.8) is 0 Å². The normalized spacial score (nSPS) is 12.2. The average Bonchev–Trinajstić information content (AvgIpc) is 3.42. The lowest BCUT2D eigenvalue weighted by Crippen LogP contribution is -2.30. The lowest BCUT2D eigenvalue weighted by molar-refractivity contribution is -0.167. The number of rotatable bonds is 63. The molecule has 0 rings (SSSR count). The number of hydrogen-bond donors (Lipinski definition) is 0. The Bertz CT molecular complexity index is 1270. The molecule has 0 amide bonds. The van der Waals surface area contributed by atoms with E-state index in [0.29, 0.717) is 19.3 Å². The topological polar surface area (TPSA) is 78.9 Å². The van der Waals surface area contributed by atoms with Crippen LogP contribution in [0.25, 0.3) is 0 Å². The highest BCUT2D eigenvalue weighted by Gasteiger charge is 2.19. The van der Waals surface area contributed by atoms with Crippen molar-refractivity contribution in [1.82, 2.24) is 0 Å². The molecule has 0 aliphatic rings. The van der Waals surface area contributed by atoms with Gasteiger partial charge in [-0.3, -0.25) is 14.4 Å². The van der Waals surface area contributed by atoms with E-state index < -0.39 is 6.10 Å². The van der Waals surface area contributed by atoms with Crippen molar-refractivity contribution in [2.45, 2.75) is 380 Å². The maximum absolute atomic E-state index is 12.9. The molecule has 1 atom stereocenters. The van der Waals surface area contributed by atoms with Gasteiger partial charge in [0.25, 0.3) is 0 Å². The van der Waals surface area contributed by atoms with Crippen LogP contribution in [-0.4, -0.2) is 37.2 Å². The fourth-order valence-corrected chi connectivity index (χ4v) is 10.2. The first-order valence-electron chi connectivity index (χ1n) is 34.0. The van der Waals surface area contributed by atoms with Crippen molar-refractivity contribution in [3.05, 3.63) is 36.5 Å². The molecular formula is C70H130O6. The Morgan fingerprint density at radius 3 is 0.737 bits per heavy atom. The molecule has 446 valence electrons. The van der Waals surface area contributed by atoms with Gasteiger partial charge >= 0.3 is 17.9 Å².